The smallest absolute Gasteiger partial charge is 0.223 e. The molecule has 0 saturated heterocycles. The lowest BCUT2D eigenvalue weighted by Gasteiger charge is -2.02. The molecule has 0 fully saturated rings. The van der Waals surface area contributed by atoms with E-state index in [4.69, 9.17) is 0 Å². The van der Waals surface area contributed by atoms with Gasteiger partial charge in [-0.2, -0.15) is 4.40 Å². The van der Waals surface area contributed by atoms with Crippen molar-refractivity contribution in [3.8, 4) is 0 Å². The highest BCUT2D eigenvalue weighted by molar-refractivity contribution is 6.11. The third-order valence-electron chi connectivity index (χ3n) is 4.63. The van der Waals surface area contributed by atoms with Crippen molar-refractivity contribution in [1.29, 1.82) is 0 Å². The van der Waals surface area contributed by atoms with E-state index in [1.54, 1.807) is 0 Å². The number of aromatic nitrogens is 2. The van der Waals surface area contributed by atoms with E-state index in [0.717, 1.165) is 13.0 Å². The first-order valence-electron chi connectivity index (χ1n) is 7.24. The van der Waals surface area contributed by atoms with Crippen LogP contribution in [0, 0.1) is 0 Å². The summed E-state index contributed by atoms with van der Waals surface area (Å²) in [5.74, 6) is 0. The maximum absolute atomic E-state index is 2.48. The van der Waals surface area contributed by atoms with Gasteiger partial charge >= 0.3 is 0 Å². The van der Waals surface area contributed by atoms with Crippen LogP contribution in [-0.4, -0.2) is 4.57 Å². The van der Waals surface area contributed by atoms with Gasteiger partial charge in [0.2, 0.25) is 0 Å². The molecular weight excluding hydrogens is 244 g/mol. The second-order valence-electron chi connectivity index (χ2n) is 5.61. The van der Waals surface area contributed by atoms with Crippen LogP contribution in [0.1, 0.15) is 18.2 Å². The Bertz CT molecular complexity index is 1010. The molecule has 2 aromatic heterocycles. The van der Waals surface area contributed by atoms with E-state index in [1.165, 1.54) is 38.6 Å². The summed E-state index contributed by atoms with van der Waals surface area (Å²) in [5.41, 5.74) is 5.54. The fourth-order valence-corrected chi connectivity index (χ4v) is 3.75. The molecule has 20 heavy (non-hydrogen) atoms. The van der Waals surface area contributed by atoms with Crippen molar-refractivity contribution in [3.63, 3.8) is 0 Å². The topological polar surface area (TPSA) is 9.03 Å². The van der Waals surface area contributed by atoms with E-state index in [0.29, 0.717) is 0 Å². The number of nitrogens with zero attached hydrogens (tertiary/aromatic N) is 2. The molecule has 0 spiro atoms. The van der Waals surface area contributed by atoms with Crippen molar-refractivity contribution in [2.75, 3.05) is 0 Å². The van der Waals surface area contributed by atoms with Crippen molar-refractivity contribution in [2.24, 2.45) is 0 Å². The Hall–Kier alpha value is -2.35. The fraction of sp³-hybridized carbons (Fsp3) is 0.167. The average molecular weight is 259 g/mol. The molecule has 5 rings (SSSR count). The van der Waals surface area contributed by atoms with Gasteiger partial charge in [-0.05, 0) is 6.07 Å². The van der Waals surface area contributed by atoms with Crippen LogP contribution in [0.4, 0.5) is 0 Å². The molecule has 0 bridgehead atoms. The first-order chi connectivity index (χ1) is 9.88. The number of fused-ring (bicyclic) bond motifs is 3. The molecule has 0 saturated carbocycles. The Morgan fingerprint density at radius 1 is 1.05 bits per heavy atom. The highest BCUT2D eigenvalue weighted by Gasteiger charge is 2.29. The van der Waals surface area contributed by atoms with Crippen LogP contribution in [-0.2, 0) is 13.0 Å². The molecule has 0 amide bonds. The molecule has 2 aromatic carbocycles. The van der Waals surface area contributed by atoms with Crippen molar-refractivity contribution in [1.82, 2.24) is 4.57 Å². The highest BCUT2D eigenvalue weighted by Crippen LogP contribution is 2.34. The second-order valence-corrected chi connectivity index (χ2v) is 5.61. The number of aryl methyl sites for hydroxylation is 1. The third-order valence-corrected chi connectivity index (χ3v) is 4.63. The van der Waals surface area contributed by atoms with Gasteiger partial charge in [0, 0.05) is 22.8 Å². The Labute approximate surface area is 116 Å². The quantitative estimate of drug-likeness (QED) is 0.322. The number of hydrogen-bond donors (Lipinski definition) is 0. The van der Waals surface area contributed by atoms with E-state index in [1.807, 2.05) is 0 Å². The minimum atomic E-state index is 1.02. The maximum atomic E-state index is 2.48. The molecule has 3 heterocycles. The molecule has 96 valence electrons. The number of imidazole rings is 1. The van der Waals surface area contributed by atoms with Gasteiger partial charge in [-0.15, -0.1) is 0 Å². The Balaban J connectivity index is 2.20. The van der Waals surface area contributed by atoms with Crippen LogP contribution in [0.2, 0.25) is 0 Å². The summed E-state index contributed by atoms with van der Waals surface area (Å²) in [6.07, 6.45) is 3.39. The average Bonchev–Trinajstić information content (AvgIpc) is 3.04. The maximum Gasteiger partial charge on any atom is 0.295 e. The van der Waals surface area contributed by atoms with Crippen molar-refractivity contribution < 1.29 is 4.40 Å². The molecular formula is C18H15N2+. The first-order valence-corrected chi connectivity index (χ1v) is 7.24. The van der Waals surface area contributed by atoms with Crippen LogP contribution in [0.25, 0.3) is 27.3 Å². The van der Waals surface area contributed by atoms with Crippen LogP contribution in [0.5, 0.6) is 0 Å². The monoisotopic (exact) mass is 259 g/mol. The van der Waals surface area contributed by atoms with Gasteiger partial charge in [-0.1, -0.05) is 43.3 Å². The third kappa shape index (κ3) is 1.05. The molecule has 0 radical (unpaired) electrons. The molecule has 0 N–H and O–H groups in total. The zero-order chi connectivity index (χ0) is 13.3. The summed E-state index contributed by atoms with van der Waals surface area (Å²) in [4.78, 5) is 0. The number of rotatable bonds is 1. The van der Waals surface area contributed by atoms with Crippen molar-refractivity contribution in [3.05, 3.63) is 59.9 Å². The van der Waals surface area contributed by atoms with Gasteiger partial charge in [0.1, 0.15) is 24.0 Å². The summed E-state index contributed by atoms with van der Waals surface area (Å²) in [7, 11) is 0. The molecule has 0 aliphatic carbocycles. The largest absolute Gasteiger partial charge is 0.295 e. The van der Waals surface area contributed by atoms with Crippen LogP contribution >= 0.6 is 0 Å². The lowest BCUT2D eigenvalue weighted by molar-refractivity contribution is -0.479. The van der Waals surface area contributed by atoms with Crippen molar-refractivity contribution >= 4 is 27.3 Å². The van der Waals surface area contributed by atoms with Crippen LogP contribution in [0.15, 0.2) is 48.7 Å². The normalized spacial score (nSPS) is 13.2. The zero-order valence-corrected chi connectivity index (χ0v) is 11.4. The standard InChI is InChI=1S/C18H15N2/c1-2-13-11-20-16-9-4-3-7-14(16)15-8-5-6-12-10-19(13)18(20)17(12)15/h3-9,11H,2,10H2,1H3/q+1. The lowest BCUT2D eigenvalue weighted by atomic mass is 10.0. The molecule has 1 aliphatic rings. The predicted molar refractivity (Wildman–Crippen MR) is 81.1 cm³/mol. The fourth-order valence-electron chi connectivity index (χ4n) is 3.75. The number of benzene rings is 2. The van der Waals surface area contributed by atoms with Gasteiger partial charge < -0.3 is 0 Å². The molecule has 0 atom stereocenters. The molecule has 2 heteroatoms. The van der Waals surface area contributed by atoms with Crippen LogP contribution < -0.4 is 4.40 Å². The van der Waals surface area contributed by atoms with Gasteiger partial charge in [0.25, 0.3) is 5.65 Å². The first kappa shape index (κ1) is 10.4. The van der Waals surface area contributed by atoms with E-state index in [2.05, 4.69) is 64.6 Å². The Morgan fingerprint density at radius 2 is 1.90 bits per heavy atom. The summed E-state index contributed by atoms with van der Waals surface area (Å²) < 4.78 is 4.86. The summed E-state index contributed by atoms with van der Waals surface area (Å²) >= 11 is 0. The van der Waals surface area contributed by atoms with Gasteiger partial charge in [-0.3, -0.25) is 0 Å². The summed E-state index contributed by atoms with van der Waals surface area (Å²) in [6.45, 7) is 3.25. The summed E-state index contributed by atoms with van der Waals surface area (Å²) in [5, 5.41) is 4.17. The van der Waals surface area contributed by atoms with Crippen molar-refractivity contribution in [2.45, 2.75) is 19.9 Å². The zero-order valence-electron chi connectivity index (χ0n) is 11.4. The van der Waals surface area contributed by atoms with E-state index >= 15 is 0 Å². The van der Waals surface area contributed by atoms with Crippen LogP contribution in [0.3, 0.4) is 0 Å². The minimum absolute atomic E-state index is 1.02. The molecule has 4 aromatic rings. The minimum Gasteiger partial charge on any atom is -0.223 e. The number of pyridine rings is 1. The molecule has 1 aliphatic heterocycles. The lowest BCUT2D eigenvalue weighted by Crippen LogP contribution is -2.20. The SMILES string of the molecule is CCc1c[n+]2c3ccccc3c3cccc4c3c2n1C4. The van der Waals surface area contributed by atoms with E-state index < -0.39 is 0 Å². The van der Waals surface area contributed by atoms with E-state index in [-0.39, 0.29) is 0 Å². The number of hydrogen-bond acceptors (Lipinski definition) is 0. The number of para-hydroxylation sites is 1. The predicted octanol–water partition coefficient (Wildman–Crippen LogP) is 3.46. The van der Waals surface area contributed by atoms with E-state index in [9.17, 15) is 0 Å². The highest BCUT2D eigenvalue weighted by atomic mass is 15.1. The molecule has 0 unspecified atom stereocenters. The molecule has 2 nitrogen and oxygen atoms in total. The van der Waals surface area contributed by atoms with Gasteiger partial charge in [-0.25, -0.2) is 4.57 Å². The summed E-state index contributed by atoms with van der Waals surface area (Å²) in [6, 6.07) is 15.4. The Kier molecular flexibility index (Phi) is 1.77. The van der Waals surface area contributed by atoms with Gasteiger partial charge in [0.05, 0.1) is 5.39 Å². The Morgan fingerprint density at radius 3 is 2.80 bits per heavy atom. The van der Waals surface area contributed by atoms with Gasteiger partial charge in [0.15, 0.2) is 0 Å². The second kappa shape index (κ2) is 3.40.